The first-order valence-electron chi connectivity index (χ1n) is 37.2. The molecular formula is C81H138Li2N4O9-4. The van der Waals surface area contributed by atoms with Gasteiger partial charge in [-0.2, -0.15) is 25.7 Å². The second kappa shape index (κ2) is 73.9. The number of nitrogen functional groups attached to an aromatic ring is 1. The van der Waals surface area contributed by atoms with Crippen LogP contribution in [0.15, 0.2) is 60.7 Å². The summed E-state index contributed by atoms with van der Waals surface area (Å²) < 4.78 is 29.0. The molecule has 0 bridgehead atoms. The molecule has 15 heteroatoms. The summed E-state index contributed by atoms with van der Waals surface area (Å²) in [6, 6.07) is 7.83. The summed E-state index contributed by atoms with van der Waals surface area (Å²) in [5, 5.41) is 0.953. The molecule has 0 fully saturated rings. The summed E-state index contributed by atoms with van der Waals surface area (Å²) in [5.41, 5.74) is 7.82. The van der Waals surface area contributed by atoms with Gasteiger partial charge in [0.2, 0.25) is 0 Å². The van der Waals surface area contributed by atoms with Crippen LogP contribution in [0.2, 0.25) is 0 Å². The second-order valence-corrected chi connectivity index (χ2v) is 24.8. The van der Waals surface area contributed by atoms with E-state index in [9.17, 15) is 19.2 Å². The zero-order valence-electron chi connectivity index (χ0n) is 63.1. The zero-order chi connectivity index (χ0) is 69.8. The molecule has 3 rings (SSSR count). The van der Waals surface area contributed by atoms with Crippen LogP contribution in [0.5, 0.6) is 0 Å². The third kappa shape index (κ3) is 60.1. The molecule has 96 heavy (non-hydrogen) atoms. The number of rotatable bonds is 53. The smallest absolute Gasteiger partial charge is 0.461 e. The maximum absolute atomic E-state index is 12.3. The minimum Gasteiger partial charge on any atom is -0.461 e. The zero-order valence-corrected chi connectivity index (χ0v) is 63.1. The normalized spacial score (nSPS) is 11.0. The minimum atomic E-state index is -0.727. The molecule has 2 aromatic heterocycles. The topological polar surface area (TPSA) is 171 Å². The number of benzene rings is 1. The molecular weight excluding hydrogens is 1190 g/mol. The van der Waals surface area contributed by atoms with E-state index >= 15 is 0 Å². The van der Waals surface area contributed by atoms with Crippen LogP contribution in [-0.2, 0) is 56.0 Å². The number of nitrogens with two attached hydrogens (primary N) is 1. The van der Waals surface area contributed by atoms with Crippen LogP contribution in [-0.4, -0.2) is 70.4 Å². The van der Waals surface area contributed by atoms with E-state index in [1.54, 1.807) is 0 Å². The van der Waals surface area contributed by atoms with Crippen molar-refractivity contribution in [3.63, 3.8) is 0 Å². The quantitative estimate of drug-likeness (QED) is 0.0142. The van der Waals surface area contributed by atoms with E-state index in [0.717, 1.165) is 131 Å². The fourth-order valence-corrected chi connectivity index (χ4v) is 9.79. The van der Waals surface area contributed by atoms with Gasteiger partial charge >= 0.3 is 61.6 Å². The molecule has 0 saturated heterocycles. The molecule has 2 N–H and O–H groups in total. The van der Waals surface area contributed by atoms with Crippen molar-refractivity contribution in [1.29, 1.82) is 0 Å². The molecule has 0 atom stereocenters. The van der Waals surface area contributed by atoms with Gasteiger partial charge in [0, 0.05) is 37.7 Å². The van der Waals surface area contributed by atoms with Gasteiger partial charge in [-0.05, 0) is 91.0 Å². The number of aromatic nitrogens is 3. The van der Waals surface area contributed by atoms with Crippen molar-refractivity contribution in [1.82, 2.24) is 14.5 Å². The van der Waals surface area contributed by atoms with Crippen LogP contribution in [0, 0.1) is 41.5 Å². The van der Waals surface area contributed by atoms with Gasteiger partial charge in [0.05, 0.1) is 17.6 Å². The van der Waals surface area contributed by atoms with Gasteiger partial charge in [0.1, 0.15) is 43.4 Å². The standard InChI is InChI=1S/C23H31N4O3.3C18H33O2.C4H8.2Li/c1-5-7-8-13-19(28)30-23(3,4)15-27-18(14-29-6-2)26-20-21(27)16-11-9-10-12-17(16)25-22(20)24;3*1-3-5-7-9-11-13-15-17-20-18(19)16-14-12-10-8-6-4-2;1-3-4-2;;/h9-12H,1,5-8,13-15H2,2-4H3,(H2,24,25);3*13,15H,2-12,14,16-17H2,1H3;1-4H2;;/q4*-1;-2;2*+1/b;3*15-13+;;;. The van der Waals surface area contributed by atoms with Crippen molar-refractivity contribution in [3.05, 3.63) is 108 Å². The van der Waals surface area contributed by atoms with E-state index < -0.39 is 5.60 Å². The summed E-state index contributed by atoms with van der Waals surface area (Å²) in [4.78, 5) is 55.9. The molecule has 0 aliphatic carbocycles. The van der Waals surface area contributed by atoms with Crippen molar-refractivity contribution in [2.45, 2.75) is 330 Å². The number of hydrogen-bond acceptors (Lipinski definition) is 12. The van der Waals surface area contributed by atoms with E-state index in [1.807, 2.05) is 63.3 Å². The number of carbonyl (C=O) groups excluding carboxylic acids is 4. The molecule has 0 unspecified atom stereocenters. The van der Waals surface area contributed by atoms with E-state index in [-0.39, 0.29) is 61.6 Å². The van der Waals surface area contributed by atoms with E-state index in [4.69, 9.17) is 34.4 Å². The van der Waals surface area contributed by atoms with E-state index in [0.29, 0.717) is 76.6 Å². The van der Waals surface area contributed by atoms with Gasteiger partial charge in [0.15, 0.2) is 5.82 Å². The number of pyridine rings is 1. The Kier molecular flexibility index (Phi) is 75.8. The Morgan fingerprint density at radius 1 is 0.458 bits per heavy atom. The van der Waals surface area contributed by atoms with Crippen molar-refractivity contribution >= 4 is 51.6 Å². The molecule has 0 aliphatic heterocycles. The van der Waals surface area contributed by atoms with Crippen LogP contribution in [0.1, 0.15) is 317 Å². The number of esters is 4. The summed E-state index contributed by atoms with van der Waals surface area (Å²) in [6.07, 6.45) is 57.8. The van der Waals surface area contributed by atoms with E-state index in [1.165, 1.54) is 135 Å². The Labute approximate surface area is 613 Å². The predicted octanol–water partition coefficient (Wildman–Crippen LogP) is 16.7. The summed E-state index contributed by atoms with van der Waals surface area (Å²) >= 11 is 0. The molecule has 1 aromatic carbocycles. The number of carbonyl (C=O) groups is 4. The van der Waals surface area contributed by atoms with Gasteiger partial charge < -0.3 is 75.5 Å². The number of fused-ring (bicyclic) bond motifs is 3. The molecule has 0 amide bonds. The van der Waals surface area contributed by atoms with Gasteiger partial charge in [-0.25, -0.2) is 22.8 Å². The molecule has 0 saturated carbocycles. The molecule has 3 aromatic rings. The monoisotopic (exact) mass is 1330 g/mol. The number of allylic oxidation sites excluding steroid dienone is 3. The molecule has 2 heterocycles. The number of imidazole rings is 1. The Morgan fingerprint density at radius 2 is 0.812 bits per heavy atom. The Balaban J connectivity index is -0.000000583. The number of anilines is 1. The SMILES string of the molecule is [CH2-]CCCCC(=O)OC(C)(C)Cn1c(COCC)nc2c(N)nc3ccccc3c21.[CH2-]CCCCCCCC(=O)OC/C=C/CCCCCC.[CH2-]CCCCCCCC(=O)OC/C=C/CCCCCC.[CH2-]CCCCCCCC(=O)OC/C=C/CCCCCC.[CH2-]CC[CH2-].[Li+].[Li+]. The predicted molar refractivity (Wildman–Crippen MR) is 398 cm³/mol. The van der Waals surface area contributed by atoms with Gasteiger partial charge in [0.25, 0.3) is 0 Å². The Hall–Kier alpha value is -3.85. The van der Waals surface area contributed by atoms with Crippen LogP contribution in [0.4, 0.5) is 5.82 Å². The molecule has 13 nitrogen and oxygen atoms in total. The summed E-state index contributed by atoms with van der Waals surface area (Å²) in [5.74, 6) is 0.740. The van der Waals surface area contributed by atoms with Crippen LogP contribution in [0.25, 0.3) is 21.9 Å². The number of nitrogens with zero attached hydrogens (tertiary/aromatic N) is 3. The Bertz CT molecular complexity index is 2220. The molecule has 0 radical (unpaired) electrons. The summed E-state index contributed by atoms with van der Waals surface area (Å²) in [6.45, 7) is 37.4. The van der Waals surface area contributed by atoms with Crippen molar-refractivity contribution in [3.8, 4) is 0 Å². The van der Waals surface area contributed by atoms with Gasteiger partial charge in [-0.3, -0.25) is 19.2 Å². The Morgan fingerprint density at radius 3 is 1.20 bits per heavy atom. The van der Waals surface area contributed by atoms with Crippen LogP contribution in [0.3, 0.4) is 0 Å². The maximum Gasteiger partial charge on any atom is 1.00 e. The third-order valence-electron chi connectivity index (χ3n) is 15.3. The fraction of sp³-hybridized carbons (Fsp3) is 0.679. The van der Waals surface area contributed by atoms with Crippen molar-refractivity contribution in [2.75, 3.05) is 32.2 Å². The second-order valence-electron chi connectivity index (χ2n) is 24.8. The molecule has 542 valence electrons. The average molecular weight is 1330 g/mol. The largest absolute Gasteiger partial charge is 1.00 e. The summed E-state index contributed by atoms with van der Waals surface area (Å²) in [7, 11) is 0. The van der Waals surface area contributed by atoms with Crippen LogP contribution < -0.4 is 43.5 Å². The fourth-order valence-electron chi connectivity index (χ4n) is 9.79. The van der Waals surface area contributed by atoms with Gasteiger partial charge in [-0.15, -0.1) is 0 Å². The minimum absolute atomic E-state index is 0. The number of para-hydroxylation sites is 1. The number of unbranched alkanes of at least 4 members (excludes halogenated alkanes) is 30. The number of hydrogen-bond donors (Lipinski definition) is 1. The number of ether oxygens (including phenoxy) is 5. The van der Waals surface area contributed by atoms with Crippen molar-refractivity contribution < 1.29 is 80.6 Å². The average Bonchev–Trinajstić information content (AvgIpc) is 1.57. The molecule has 0 spiro atoms. The first-order valence-corrected chi connectivity index (χ1v) is 37.2. The third-order valence-corrected chi connectivity index (χ3v) is 15.3. The van der Waals surface area contributed by atoms with Crippen LogP contribution >= 0.6 is 0 Å². The van der Waals surface area contributed by atoms with Gasteiger partial charge in [-0.1, -0.05) is 217 Å². The first-order chi connectivity index (χ1) is 45.7. The molecule has 0 aliphatic rings. The van der Waals surface area contributed by atoms with E-state index in [2.05, 4.69) is 90.1 Å². The maximum atomic E-state index is 12.3. The van der Waals surface area contributed by atoms with Crippen molar-refractivity contribution in [2.24, 2.45) is 0 Å². The first kappa shape index (κ1) is 98.5.